The monoisotopic (exact) mass is 199 g/mol. The first-order chi connectivity index (χ1) is 6.77. The van der Waals surface area contributed by atoms with Gasteiger partial charge in [-0.1, -0.05) is 19.8 Å². The lowest BCUT2D eigenvalue weighted by Crippen LogP contribution is -2.41. The summed E-state index contributed by atoms with van der Waals surface area (Å²) in [4.78, 5) is 0. The molecule has 1 N–H and O–H groups in total. The normalized spacial score (nSPS) is 29.4. The van der Waals surface area contributed by atoms with Gasteiger partial charge in [-0.05, 0) is 32.6 Å². The molecule has 0 bridgehead atoms. The van der Waals surface area contributed by atoms with Gasteiger partial charge in [0, 0.05) is 18.7 Å². The lowest BCUT2D eigenvalue weighted by molar-refractivity contribution is 0.121. The fourth-order valence-corrected chi connectivity index (χ4v) is 2.45. The highest BCUT2D eigenvalue weighted by Gasteiger charge is 2.26. The minimum atomic E-state index is 0.507. The summed E-state index contributed by atoms with van der Waals surface area (Å²) in [6, 6.07) is 1.25. The SMILES string of the molecule is CCOCC(C)NC1CCCC1CC. The Hall–Kier alpha value is -0.0800. The van der Waals surface area contributed by atoms with Crippen LogP contribution in [0.3, 0.4) is 0 Å². The van der Waals surface area contributed by atoms with Crippen molar-refractivity contribution in [3.63, 3.8) is 0 Å². The molecule has 84 valence electrons. The van der Waals surface area contributed by atoms with Gasteiger partial charge in [0.15, 0.2) is 0 Å². The van der Waals surface area contributed by atoms with E-state index in [4.69, 9.17) is 4.74 Å². The second-order valence-electron chi connectivity index (χ2n) is 4.43. The molecule has 0 spiro atoms. The summed E-state index contributed by atoms with van der Waals surface area (Å²) in [6.45, 7) is 8.26. The van der Waals surface area contributed by atoms with E-state index in [2.05, 4.69) is 26.1 Å². The van der Waals surface area contributed by atoms with E-state index < -0.39 is 0 Å². The molecule has 1 fully saturated rings. The molecular formula is C12H25NO. The molecule has 1 aliphatic carbocycles. The third kappa shape index (κ3) is 3.58. The molecule has 0 amide bonds. The highest BCUT2D eigenvalue weighted by molar-refractivity contribution is 4.83. The lowest BCUT2D eigenvalue weighted by atomic mass is 10.00. The molecule has 0 radical (unpaired) electrons. The van der Waals surface area contributed by atoms with Crippen LogP contribution in [0.2, 0.25) is 0 Å². The molecule has 14 heavy (non-hydrogen) atoms. The number of ether oxygens (including phenoxy) is 1. The van der Waals surface area contributed by atoms with Crippen molar-refractivity contribution in [2.24, 2.45) is 5.92 Å². The number of hydrogen-bond acceptors (Lipinski definition) is 2. The summed E-state index contributed by atoms with van der Waals surface area (Å²) < 4.78 is 5.41. The van der Waals surface area contributed by atoms with E-state index in [0.29, 0.717) is 6.04 Å². The third-order valence-electron chi connectivity index (χ3n) is 3.25. The maximum Gasteiger partial charge on any atom is 0.0616 e. The lowest BCUT2D eigenvalue weighted by Gasteiger charge is -2.24. The molecule has 0 heterocycles. The number of nitrogens with one attached hydrogen (secondary N) is 1. The van der Waals surface area contributed by atoms with Crippen molar-refractivity contribution in [3.8, 4) is 0 Å². The summed E-state index contributed by atoms with van der Waals surface area (Å²) in [5.41, 5.74) is 0. The van der Waals surface area contributed by atoms with Gasteiger partial charge in [-0.25, -0.2) is 0 Å². The zero-order valence-electron chi connectivity index (χ0n) is 9.88. The van der Waals surface area contributed by atoms with Gasteiger partial charge >= 0.3 is 0 Å². The predicted molar refractivity (Wildman–Crippen MR) is 60.5 cm³/mol. The zero-order chi connectivity index (χ0) is 10.4. The molecule has 0 aliphatic heterocycles. The van der Waals surface area contributed by atoms with Crippen LogP contribution in [0.5, 0.6) is 0 Å². The van der Waals surface area contributed by atoms with Crippen LogP contribution in [0, 0.1) is 5.92 Å². The fourth-order valence-electron chi connectivity index (χ4n) is 2.45. The molecular weight excluding hydrogens is 174 g/mol. The number of rotatable bonds is 6. The molecule has 1 aliphatic rings. The van der Waals surface area contributed by atoms with Gasteiger partial charge in [0.05, 0.1) is 6.61 Å². The first-order valence-electron chi connectivity index (χ1n) is 6.11. The van der Waals surface area contributed by atoms with E-state index in [1.807, 2.05) is 0 Å². The Bertz CT molecular complexity index is 149. The van der Waals surface area contributed by atoms with Crippen LogP contribution in [0.4, 0.5) is 0 Å². The summed E-state index contributed by atoms with van der Waals surface area (Å²) >= 11 is 0. The van der Waals surface area contributed by atoms with Crippen LogP contribution in [-0.2, 0) is 4.74 Å². The Labute approximate surface area is 88.4 Å². The van der Waals surface area contributed by atoms with Crippen molar-refractivity contribution < 1.29 is 4.74 Å². The third-order valence-corrected chi connectivity index (χ3v) is 3.25. The van der Waals surface area contributed by atoms with Crippen molar-refractivity contribution in [2.45, 2.75) is 58.5 Å². The quantitative estimate of drug-likeness (QED) is 0.710. The second kappa shape index (κ2) is 6.41. The topological polar surface area (TPSA) is 21.3 Å². The largest absolute Gasteiger partial charge is 0.380 e. The average molecular weight is 199 g/mol. The molecule has 2 heteroatoms. The van der Waals surface area contributed by atoms with E-state index in [1.54, 1.807) is 0 Å². The van der Waals surface area contributed by atoms with Crippen LogP contribution in [0.25, 0.3) is 0 Å². The van der Waals surface area contributed by atoms with E-state index in [-0.39, 0.29) is 0 Å². The predicted octanol–water partition coefficient (Wildman–Crippen LogP) is 2.58. The first kappa shape index (κ1) is 12.0. The molecule has 0 saturated heterocycles. The summed E-state index contributed by atoms with van der Waals surface area (Å²) in [6.07, 6.45) is 5.49. The van der Waals surface area contributed by atoms with Gasteiger partial charge in [0.1, 0.15) is 0 Å². The van der Waals surface area contributed by atoms with Gasteiger partial charge < -0.3 is 10.1 Å². The molecule has 3 unspecified atom stereocenters. The molecule has 0 aromatic heterocycles. The van der Waals surface area contributed by atoms with E-state index in [0.717, 1.165) is 25.2 Å². The van der Waals surface area contributed by atoms with Crippen LogP contribution in [0.1, 0.15) is 46.5 Å². The molecule has 0 aromatic carbocycles. The van der Waals surface area contributed by atoms with Crippen LogP contribution >= 0.6 is 0 Å². The standard InChI is InChI=1S/C12H25NO/c1-4-11-7-6-8-12(11)13-10(3)9-14-5-2/h10-13H,4-9H2,1-3H3. The molecule has 1 rings (SSSR count). The molecule has 0 aromatic rings. The summed E-state index contributed by atoms with van der Waals surface area (Å²) in [5, 5.41) is 3.69. The summed E-state index contributed by atoms with van der Waals surface area (Å²) in [7, 11) is 0. The van der Waals surface area contributed by atoms with E-state index in [9.17, 15) is 0 Å². The van der Waals surface area contributed by atoms with Gasteiger partial charge in [-0.2, -0.15) is 0 Å². The van der Waals surface area contributed by atoms with Crippen molar-refractivity contribution in [1.82, 2.24) is 5.32 Å². The van der Waals surface area contributed by atoms with Crippen molar-refractivity contribution >= 4 is 0 Å². The Morgan fingerprint density at radius 3 is 2.79 bits per heavy atom. The zero-order valence-corrected chi connectivity index (χ0v) is 9.88. The average Bonchev–Trinajstić information content (AvgIpc) is 2.62. The molecule has 2 nitrogen and oxygen atoms in total. The first-order valence-corrected chi connectivity index (χ1v) is 6.11. The van der Waals surface area contributed by atoms with Gasteiger partial charge in [-0.3, -0.25) is 0 Å². The van der Waals surface area contributed by atoms with Crippen LogP contribution in [-0.4, -0.2) is 25.3 Å². The fraction of sp³-hybridized carbons (Fsp3) is 1.00. The Morgan fingerprint density at radius 2 is 2.14 bits per heavy atom. The minimum Gasteiger partial charge on any atom is -0.380 e. The van der Waals surface area contributed by atoms with Crippen molar-refractivity contribution in [3.05, 3.63) is 0 Å². The van der Waals surface area contributed by atoms with Crippen LogP contribution in [0.15, 0.2) is 0 Å². The Morgan fingerprint density at radius 1 is 1.36 bits per heavy atom. The number of hydrogen-bond donors (Lipinski definition) is 1. The smallest absolute Gasteiger partial charge is 0.0616 e. The van der Waals surface area contributed by atoms with Crippen LogP contribution < -0.4 is 5.32 Å². The van der Waals surface area contributed by atoms with Gasteiger partial charge in [-0.15, -0.1) is 0 Å². The van der Waals surface area contributed by atoms with E-state index >= 15 is 0 Å². The second-order valence-corrected chi connectivity index (χ2v) is 4.43. The van der Waals surface area contributed by atoms with E-state index in [1.165, 1.54) is 25.7 Å². The highest BCUT2D eigenvalue weighted by atomic mass is 16.5. The highest BCUT2D eigenvalue weighted by Crippen LogP contribution is 2.28. The Balaban J connectivity index is 2.21. The maximum atomic E-state index is 5.41. The van der Waals surface area contributed by atoms with Gasteiger partial charge in [0.2, 0.25) is 0 Å². The van der Waals surface area contributed by atoms with Gasteiger partial charge in [0.25, 0.3) is 0 Å². The Kier molecular flexibility index (Phi) is 5.49. The summed E-state index contributed by atoms with van der Waals surface area (Å²) in [5.74, 6) is 0.902. The van der Waals surface area contributed by atoms with Crippen molar-refractivity contribution in [1.29, 1.82) is 0 Å². The molecule has 1 saturated carbocycles. The van der Waals surface area contributed by atoms with Crippen molar-refractivity contribution in [2.75, 3.05) is 13.2 Å². The molecule has 3 atom stereocenters. The maximum absolute atomic E-state index is 5.41. The minimum absolute atomic E-state index is 0.507.